The SMILES string of the molecule is CC(C)(C)[Si](O/N=C/c1cc(CO[C@H]2[C@H]3O[C@H]4[C@H](O)[C@@H](O)[C@@H](O[C@H]5[C@H](O)[C@@H](O)[C@@H](O[C@H]6[C@H](O)[C@@H](O)[C@@H](O[C@H]7[C@H](O)[C@@H](O)[C@@H](O[C@H]8[C@H](O)[C@@H](O)[C@@H](O[C@H]9[C@H](O)[C@@H](O)[C@@H](O[C@@H]([C@@H]2O)[C@@H](CO)O3)O[C@@H]9CO)O[C@@H]8CO)O[C@@H]7CO)O[C@@H]6CO)O[C@@H]5CO)O[C@@H]4CO)ccn1)(c1ccccc1)c1ccccc1. The van der Waals surface area contributed by atoms with E-state index >= 15 is 0 Å². The number of aliphatic hydroxyl groups is 20. The molecule has 16 heterocycles. The number of pyridine rings is 1. The second-order valence-corrected chi connectivity index (χ2v) is 31.7. The van der Waals surface area contributed by atoms with Gasteiger partial charge in [0.05, 0.1) is 64.8 Å². The molecular weight excluding hydrogens is 1410 g/mol. The molecule has 3 aromatic rings. The monoisotopic (exact) mass is 1510 g/mol. The standard InChI is InChI=1S/C65H94N2O36Si/c1-65(2,3)104(28-10-6-4-7-11-28,29-12-8-5-9-13-29)103-67-17-27-16-26(14-15-66-27)25-88-57-49(87)56-36(24-74)95-64(57)102-55-35(23-73)94-62(48(86)42(55)80)100-53-33(21-71)92-60(46(84)40(53)78)98-51-31(19-69)90-58(44(82)38(51)76)96-50-30(18-68)89-59(43(81)37(50)75)97-52-32(20-70)91-61(45(83)39(52)77)99-54-34(22-72)93-63(101-56)47(85)41(54)79/h4-17,30-64,68-87H,18-25H2,1-3H3/b67-17+/t30-,31-,32-,33-,34-,35-,36-,37-,38-,39-,40-,41-,42-,43-,44-,45-,46-,47-,48-,49+,50-,51-,52-,53-,54-,55-,56-,57-,58-,59-,60-,61-,62-,63-,64-/m1/s1. The van der Waals surface area contributed by atoms with E-state index in [1.807, 2.05) is 60.7 Å². The molecule has 0 radical (unpaired) electrons. The summed E-state index contributed by atoms with van der Waals surface area (Å²) >= 11 is 0. The lowest BCUT2D eigenvalue weighted by atomic mass is 9.95. The molecule has 15 aliphatic heterocycles. The molecule has 39 heteroatoms. The van der Waals surface area contributed by atoms with Crippen LogP contribution < -0.4 is 10.4 Å². The Morgan fingerprint density at radius 1 is 0.365 bits per heavy atom. The largest absolute Gasteiger partial charge is 0.443 e. The lowest BCUT2D eigenvalue weighted by molar-refractivity contribution is -0.398. The van der Waals surface area contributed by atoms with Crippen LogP contribution in [-0.4, -0.2) is 383 Å². The van der Waals surface area contributed by atoms with E-state index in [4.69, 9.17) is 75.6 Å². The van der Waals surface area contributed by atoms with Gasteiger partial charge >= 0.3 is 8.32 Å². The number of hydrogen-bond acceptors (Lipinski definition) is 38. The maximum absolute atomic E-state index is 12.6. The molecule has 0 spiro atoms. The van der Waals surface area contributed by atoms with Crippen LogP contribution in [0.1, 0.15) is 32.0 Å². The van der Waals surface area contributed by atoms with Gasteiger partial charge in [0.2, 0.25) is 0 Å². The quantitative estimate of drug-likeness (QED) is 0.0382. The van der Waals surface area contributed by atoms with Crippen molar-refractivity contribution in [1.29, 1.82) is 0 Å². The maximum atomic E-state index is 12.6. The molecule has 1 aromatic heterocycles. The Hall–Kier alpha value is -4.12. The van der Waals surface area contributed by atoms with Crippen molar-refractivity contribution in [3.05, 3.63) is 90.3 Å². The number of fused-ring (bicyclic) bond motifs is 7. The zero-order chi connectivity index (χ0) is 74.8. The molecule has 104 heavy (non-hydrogen) atoms. The van der Waals surface area contributed by atoms with Crippen LogP contribution in [0, 0.1) is 0 Å². The van der Waals surface area contributed by atoms with Crippen molar-refractivity contribution < 1.29 is 178 Å². The Morgan fingerprint density at radius 2 is 0.635 bits per heavy atom. The molecule has 35 atom stereocenters. The van der Waals surface area contributed by atoms with Gasteiger partial charge in [-0.3, -0.25) is 4.98 Å². The first kappa shape index (κ1) is 80.9. The maximum Gasteiger partial charge on any atom is 0.354 e. The predicted molar refractivity (Wildman–Crippen MR) is 342 cm³/mol. The molecule has 38 nitrogen and oxygen atoms in total. The zero-order valence-corrected chi connectivity index (χ0v) is 57.3. The van der Waals surface area contributed by atoms with Gasteiger partial charge in [-0.25, -0.2) is 0 Å². The van der Waals surface area contributed by atoms with Crippen molar-refractivity contribution in [2.24, 2.45) is 5.16 Å². The van der Waals surface area contributed by atoms with Crippen LogP contribution in [0.3, 0.4) is 0 Å². The summed E-state index contributed by atoms with van der Waals surface area (Å²) in [7, 11) is -3.20. The summed E-state index contributed by atoms with van der Waals surface area (Å²) in [4.78, 5) is 4.45. The Balaban J connectivity index is 0.895. The number of nitrogens with zero attached hydrogens (tertiary/aromatic N) is 2. The number of oxime groups is 1. The molecular formula is C65H94N2O36Si. The molecule has 15 aliphatic rings. The number of rotatable bonds is 15. The summed E-state index contributed by atoms with van der Waals surface area (Å²) in [5, 5.41) is 233. The Kier molecular flexibility index (Phi) is 27.1. The average Bonchev–Trinajstić information content (AvgIpc) is 0.757. The van der Waals surface area contributed by atoms with Crippen molar-refractivity contribution in [3.8, 4) is 0 Å². The lowest BCUT2D eigenvalue weighted by Crippen LogP contribution is -2.68. The minimum absolute atomic E-state index is 0.260. The van der Waals surface area contributed by atoms with Crippen LogP contribution in [-0.2, 0) is 82.2 Å². The Bertz CT molecular complexity index is 3130. The van der Waals surface area contributed by atoms with Gasteiger partial charge in [0.1, 0.15) is 171 Å². The van der Waals surface area contributed by atoms with Gasteiger partial charge in [-0.1, -0.05) is 81.4 Å². The lowest BCUT2D eigenvalue weighted by Gasteiger charge is -2.50. The van der Waals surface area contributed by atoms with Gasteiger partial charge < -0.3 is 178 Å². The van der Waals surface area contributed by atoms with Crippen LogP contribution in [0.25, 0.3) is 0 Å². The summed E-state index contributed by atoms with van der Waals surface area (Å²) < 4.78 is 95.7. The van der Waals surface area contributed by atoms with Gasteiger partial charge in [0, 0.05) is 11.2 Å². The van der Waals surface area contributed by atoms with E-state index in [-0.39, 0.29) is 5.69 Å². The third-order valence-electron chi connectivity index (χ3n) is 19.8. The van der Waals surface area contributed by atoms with E-state index in [2.05, 4.69) is 30.9 Å². The van der Waals surface area contributed by atoms with Gasteiger partial charge in [0.25, 0.3) is 0 Å². The van der Waals surface area contributed by atoms with Gasteiger partial charge in [-0.15, -0.1) is 5.16 Å². The number of aliphatic hydroxyl groups excluding tert-OH is 20. The first-order valence-electron chi connectivity index (χ1n) is 33.9. The fourth-order valence-electron chi connectivity index (χ4n) is 14.2. The van der Waals surface area contributed by atoms with Crippen molar-refractivity contribution >= 4 is 24.9 Å². The Morgan fingerprint density at radius 3 is 0.913 bits per heavy atom. The first-order chi connectivity index (χ1) is 49.7. The van der Waals surface area contributed by atoms with Crippen molar-refractivity contribution in [1.82, 2.24) is 4.98 Å². The molecule has 0 unspecified atom stereocenters. The minimum atomic E-state index is -3.20. The number of hydrogen-bond donors (Lipinski definition) is 20. The normalized spacial score (nSPS) is 44.4. The second kappa shape index (κ2) is 34.8. The summed E-state index contributed by atoms with van der Waals surface area (Å²) in [6.45, 7) is -1.70. The van der Waals surface area contributed by atoms with E-state index in [0.717, 1.165) is 10.4 Å². The van der Waals surface area contributed by atoms with E-state index in [0.29, 0.717) is 5.56 Å². The fraction of sp³-hybridized carbons (Fsp3) is 0.723. The molecule has 584 valence electrons. The third kappa shape index (κ3) is 16.4. The summed E-state index contributed by atoms with van der Waals surface area (Å²) in [6.07, 6.45) is -67.9. The number of benzene rings is 2. The molecule has 15 fully saturated rings. The predicted octanol–water partition coefficient (Wildman–Crippen LogP) is -10.7. The number of aromatic nitrogens is 1. The van der Waals surface area contributed by atoms with Gasteiger partial charge in [-0.05, 0) is 28.1 Å². The molecule has 0 saturated carbocycles. The van der Waals surface area contributed by atoms with E-state index < -0.39 is 281 Å². The third-order valence-corrected chi connectivity index (χ3v) is 24.6. The van der Waals surface area contributed by atoms with Crippen molar-refractivity contribution in [3.63, 3.8) is 0 Å². The molecule has 0 amide bonds. The first-order valence-corrected chi connectivity index (χ1v) is 35.8. The Labute approximate surface area is 594 Å². The van der Waals surface area contributed by atoms with E-state index in [1.165, 1.54) is 18.5 Å². The smallest absolute Gasteiger partial charge is 0.354 e. The van der Waals surface area contributed by atoms with Gasteiger partial charge in [0.15, 0.2) is 44.0 Å². The molecule has 14 bridgehead atoms. The molecule has 0 aliphatic carbocycles. The van der Waals surface area contributed by atoms with Crippen LogP contribution in [0.15, 0.2) is 84.1 Å². The summed E-state index contributed by atoms with van der Waals surface area (Å²) in [5.41, 5.74) is 0.616. The second-order valence-electron chi connectivity index (χ2n) is 27.5. The summed E-state index contributed by atoms with van der Waals surface area (Å²) in [6, 6.07) is 22.5. The minimum Gasteiger partial charge on any atom is -0.443 e. The molecule has 2 aromatic carbocycles. The highest BCUT2D eigenvalue weighted by Gasteiger charge is 2.61. The van der Waals surface area contributed by atoms with E-state index in [9.17, 15) is 102 Å². The fourth-order valence-corrected chi connectivity index (χ4v) is 18.3. The molecule has 18 rings (SSSR count). The highest BCUT2D eigenvalue weighted by Crippen LogP contribution is 2.41. The van der Waals surface area contributed by atoms with E-state index in [1.54, 1.807) is 6.07 Å². The van der Waals surface area contributed by atoms with Crippen molar-refractivity contribution in [2.75, 3.05) is 46.2 Å². The topological polar surface area (TPSA) is 578 Å². The summed E-state index contributed by atoms with van der Waals surface area (Å²) in [5.74, 6) is 0. The van der Waals surface area contributed by atoms with Crippen LogP contribution >= 0.6 is 0 Å². The van der Waals surface area contributed by atoms with Crippen LogP contribution in [0.2, 0.25) is 5.04 Å². The van der Waals surface area contributed by atoms with Crippen molar-refractivity contribution in [2.45, 2.75) is 247 Å². The molecule has 20 N–H and O–H groups in total. The highest BCUT2D eigenvalue weighted by molar-refractivity contribution is 6.99. The highest BCUT2D eigenvalue weighted by atomic mass is 28.4. The van der Waals surface area contributed by atoms with Gasteiger partial charge in [-0.2, -0.15) is 0 Å². The molecule has 15 saturated heterocycles. The van der Waals surface area contributed by atoms with Crippen LogP contribution in [0.4, 0.5) is 0 Å². The average molecular weight is 1510 g/mol. The zero-order valence-electron chi connectivity index (χ0n) is 56.3. The van der Waals surface area contributed by atoms with Crippen LogP contribution in [0.5, 0.6) is 0 Å². The number of ether oxygens (including phenoxy) is 15.